The van der Waals surface area contributed by atoms with Crippen LogP contribution in [0.15, 0.2) is 46.9 Å². The summed E-state index contributed by atoms with van der Waals surface area (Å²) in [5.74, 6) is 0.425. The third-order valence-corrected chi connectivity index (χ3v) is 3.19. The lowest BCUT2D eigenvalue weighted by Crippen LogP contribution is -1.98. The molecule has 0 aliphatic heterocycles. The molecule has 0 radical (unpaired) electrons. The standard InChI is InChI=1S/C14H10BrClO2/c15-12-5-1-3-10(7-12)9-18-14-11(8-17)4-2-6-13(14)16/h1-8H,9H2. The Morgan fingerprint density at radius 1 is 1.22 bits per heavy atom. The molecule has 2 aromatic carbocycles. The molecule has 0 fully saturated rings. The highest BCUT2D eigenvalue weighted by Gasteiger charge is 2.07. The third-order valence-electron chi connectivity index (χ3n) is 2.40. The summed E-state index contributed by atoms with van der Waals surface area (Å²) in [7, 11) is 0. The molecule has 0 aliphatic carbocycles. The van der Waals surface area contributed by atoms with Gasteiger partial charge in [-0.3, -0.25) is 4.79 Å². The molecule has 18 heavy (non-hydrogen) atoms. The molecular weight excluding hydrogens is 316 g/mol. The lowest BCUT2D eigenvalue weighted by molar-refractivity contribution is 0.111. The first kappa shape index (κ1) is 13.1. The van der Waals surface area contributed by atoms with E-state index in [1.54, 1.807) is 18.2 Å². The molecule has 0 saturated carbocycles. The normalized spacial score (nSPS) is 10.1. The van der Waals surface area contributed by atoms with E-state index in [4.69, 9.17) is 16.3 Å². The van der Waals surface area contributed by atoms with E-state index in [1.807, 2.05) is 24.3 Å². The molecule has 0 amide bonds. The summed E-state index contributed by atoms with van der Waals surface area (Å²) in [6, 6.07) is 12.9. The van der Waals surface area contributed by atoms with Gasteiger partial charge in [-0.25, -0.2) is 0 Å². The Kier molecular flexibility index (Phi) is 4.39. The van der Waals surface area contributed by atoms with Crippen molar-refractivity contribution in [3.8, 4) is 5.75 Å². The fourth-order valence-electron chi connectivity index (χ4n) is 1.55. The van der Waals surface area contributed by atoms with Crippen LogP contribution in [0.3, 0.4) is 0 Å². The van der Waals surface area contributed by atoms with Crippen LogP contribution in [0.25, 0.3) is 0 Å². The van der Waals surface area contributed by atoms with E-state index in [0.29, 0.717) is 22.9 Å². The van der Waals surface area contributed by atoms with Crippen molar-refractivity contribution in [3.05, 3.63) is 63.1 Å². The summed E-state index contributed by atoms with van der Waals surface area (Å²) >= 11 is 9.41. The van der Waals surface area contributed by atoms with Crippen LogP contribution in [-0.2, 0) is 6.61 Å². The van der Waals surface area contributed by atoms with Crippen molar-refractivity contribution < 1.29 is 9.53 Å². The number of benzene rings is 2. The molecule has 0 saturated heterocycles. The predicted molar refractivity (Wildman–Crippen MR) is 75.3 cm³/mol. The fourth-order valence-corrected chi connectivity index (χ4v) is 2.24. The zero-order valence-electron chi connectivity index (χ0n) is 9.40. The first-order valence-corrected chi connectivity index (χ1v) is 6.49. The van der Waals surface area contributed by atoms with Crippen molar-refractivity contribution in [1.82, 2.24) is 0 Å². The number of rotatable bonds is 4. The van der Waals surface area contributed by atoms with Crippen molar-refractivity contribution in [3.63, 3.8) is 0 Å². The summed E-state index contributed by atoms with van der Waals surface area (Å²) in [5.41, 5.74) is 1.46. The lowest BCUT2D eigenvalue weighted by Gasteiger charge is -2.10. The molecule has 2 rings (SSSR count). The average Bonchev–Trinajstić information content (AvgIpc) is 2.37. The first-order valence-electron chi connectivity index (χ1n) is 5.31. The van der Waals surface area contributed by atoms with E-state index in [-0.39, 0.29) is 0 Å². The topological polar surface area (TPSA) is 26.3 Å². The van der Waals surface area contributed by atoms with Crippen molar-refractivity contribution in [2.24, 2.45) is 0 Å². The summed E-state index contributed by atoms with van der Waals surface area (Å²) in [4.78, 5) is 10.9. The lowest BCUT2D eigenvalue weighted by atomic mass is 10.2. The fraction of sp³-hybridized carbons (Fsp3) is 0.0714. The SMILES string of the molecule is O=Cc1cccc(Cl)c1OCc1cccc(Br)c1. The Bertz CT molecular complexity index is 569. The molecule has 0 N–H and O–H groups in total. The van der Waals surface area contributed by atoms with Gasteiger partial charge in [0.25, 0.3) is 0 Å². The molecule has 92 valence electrons. The van der Waals surface area contributed by atoms with Gasteiger partial charge in [-0.2, -0.15) is 0 Å². The second-order valence-electron chi connectivity index (χ2n) is 3.69. The van der Waals surface area contributed by atoms with E-state index < -0.39 is 0 Å². The quantitative estimate of drug-likeness (QED) is 0.774. The second-order valence-corrected chi connectivity index (χ2v) is 5.02. The van der Waals surface area contributed by atoms with Gasteiger partial charge < -0.3 is 4.74 Å². The predicted octanol–water partition coefficient (Wildman–Crippen LogP) is 4.49. The Balaban J connectivity index is 2.18. The number of hydrogen-bond donors (Lipinski definition) is 0. The maximum Gasteiger partial charge on any atom is 0.153 e. The maximum atomic E-state index is 10.9. The summed E-state index contributed by atoms with van der Waals surface area (Å²) in [6.07, 6.45) is 0.738. The van der Waals surface area contributed by atoms with Gasteiger partial charge in [0.2, 0.25) is 0 Å². The smallest absolute Gasteiger partial charge is 0.153 e. The van der Waals surface area contributed by atoms with Gasteiger partial charge in [0.1, 0.15) is 12.4 Å². The van der Waals surface area contributed by atoms with Crippen molar-refractivity contribution in [2.45, 2.75) is 6.61 Å². The Hall–Kier alpha value is -1.32. The zero-order valence-corrected chi connectivity index (χ0v) is 11.7. The Morgan fingerprint density at radius 2 is 2.00 bits per heavy atom. The van der Waals surface area contributed by atoms with Crippen LogP contribution in [-0.4, -0.2) is 6.29 Å². The first-order chi connectivity index (χ1) is 8.70. The number of hydrogen-bond acceptors (Lipinski definition) is 2. The van der Waals surface area contributed by atoms with Crippen LogP contribution < -0.4 is 4.74 Å². The van der Waals surface area contributed by atoms with Gasteiger partial charge in [-0.05, 0) is 29.8 Å². The van der Waals surface area contributed by atoms with Crippen LogP contribution in [0.2, 0.25) is 5.02 Å². The molecule has 2 aromatic rings. The molecule has 0 aromatic heterocycles. The van der Waals surface area contributed by atoms with Crippen LogP contribution >= 0.6 is 27.5 Å². The van der Waals surface area contributed by atoms with Crippen molar-refractivity contribution in [1.29, 1.82) is 0 Å². The highest BCUT2D eigenvalue weighted by molar-refractivity contribution is 9.10. The van der Waals surface area contributed by atoms with E-state index in [0.717, 1.165) is 16.3 Å². The molecular formula is C14H10BrClO2. The largest absolute Gasteiger partial charge is 0.487 e. The van der Waals surface area contributed by atoms with Crippen molar-refractivity contribution in [2.75, 3.05) is 0 Å². The highest BCUT2D eigenvalue weighted by Crippen LogP contribution is 2.28. The number of halogens is 2. The van der Waals surface area contributed by atoms with Crippen LogP contribution in [0, 0.1) is 0 Å². The number of para-hydroxylation sites is 1. The number of carbonyl (C=O) groups is 1. The van der Waals surface area contributed by atoms with Gasteiger partial charge in [0, 0.05) is 4.47 Å². The second kappa shape index (κ2) is 6.03. The molecule has 0 heterocycles. The minimum Gasteiger partial charge on any atom is -0.487 e. The number of aldehydes is 1. The average molecular weight is 326 g/mol. The van der Waals surface area contributed by atoms with Gasteiger partial charge in [-0.1, -0.05) is 45.7 Å². The molecule has 0 spiro atoms. The zero-order chi connectivity index (χ0) is 13.0. The molecule has 2 nitrogen and oxygen atoms in total. The highest BCUT2D eigenvalue weighted by atomic mass is 79.9. The van der Waals surface area contributed by atoms with E-state index >= 15 is 0 Å². The van der Waals surface area contributed by atoms with Crippen molar-refractivity contribution >= 4 is 33.8 Å². The monoisotopic (exact) mass is 324 g/mol. The molecule has 0 aliphatic rings. The molecule has 0 atom stereocenters. The maximum absolute atomic E-state index is 10.9. The Morgan fingerprint density at radius 3 is 2.72 bits per heavy atom. The minimum atomic E-state index is 0.365. The van der Waals surface area contributed by atoms with Gasteiger partial charge in [0.05, 0.1) is 10.6 Å². The van der Waals surface area contributed by atoms with E-state index in [2.05, 4.69) is 15.9 Å². The summed E-state index contributed by atoms with van der Waals surface area (Å²) in [6.45, 7) is 0.365. The number of ether oxygens (including phenoxy) is 1. The van der Waals surface area contributed by atoms with E-state index in [9.17, 15) is 4.79 Å². The minimum absolute atomic E-state index is 0.365. The van der Waals surface area contributed by atoms with E-state index in [1.165, 1.54) is 0 Å². The van der Waals surface area contributed by atoms with Crippen LogP contribution in [0.5, 0.6) is 5.75 Å². The van der Waals surface area contributed by atoms with Gasteiger partial charge >= 0.3 is 0 Å². The number of carbonyl (C=O) groups excluding carboxylic acids is 1. The molecule has 0 bridgehead atoms. The molecule has 4 heteroatoms. The van der Waals surface area contributed by atoms with Gasteiger partial charge in [-0.15, -0.1) is 0 Å². The summed E-state index contributed by atoms with van der Waals surface area (Å²) < 4.78 is 6.60. The third kappa shape index (κ3) is 3.12. The molecule has 0 unspecified atom stereocenters. The van der Waals surface area contributed by atoms with Gasteiger partial charge in [0.15, 0.2) is 6.29 Å². The Labute approximate surface area is 119 Å². The van der Waals surface area contributed by atoms with Crippen LogP contribution in [0.1, 0.15) is 15.9 Å². The van der Waals surface area contributed by atoms with Crippen LogP contribution in [0.4, 0.5) is 0 Å². The summed E-state index contributed by atoms with van der Waals surface area (Å²) in [5, 5.41) is 0.439.